The van der Waals surface area contributed by atoms with Crippen molar-refractivity contribution in [2.24, 2.45) is 0 Å². The van der Waals surface area contributed by atoms with Crippen LogP contribution >= 0.6 is 0 Å². The fourth-order valence-corrected chi connectivity index (χ4v) is 4.23. The van der Waals surface area contributed by atoms with Gasteiger partial charge in [-0.25, -0.2) is 8.42 Å². The average Bonchev–Trinajstić information content (AvgIpc) is 2.66. The highest BCUT2D eigenvalue weighted by atomic mass is 32.2. The van der Waals surface area contributed by atoms with Crippen molar-refractivity contribution < 1.29 is 17.9 Å². The molecule has 0 aromatic heterocycles. The number of sulfonamides is 1. The van der Waals surface area contributed by atoms with Crippen LogP contribution in [0.2, 0.25) is 0 Å². The van der Waals surface area contributed by atoms with Crippen LogP contribution in [0.4, 0.5) is 5.69 Å². The molecule has 2 rings (SSSR count). The summed E-state index contributed by atoms with van der Waals surface area (Å²) in [6.07, 6.45) is 1.47. The van der Waals surface area contributed by atoms with Crippen LogP contribution in [0.5, 0.6) is 5.75 Å². The molecule has 0 heterocycles. The van der Waals surface area contributed by atoms with Gasteiger partial charge in [-0.2, -0.15) is 0 Å². The Morgan fingerprint density at radius 3 is 2.28 bits per heavy atom. The molecule has 1 N–H and O–H groups in total. The summed E-state index contributed by atoms with van der Waals surface area (Å²) < 4.78 is 31.7. The van der Waals surface area contributed by atoms with E-state index in [9.17, 15) is 13.2 Å². The van der Waals surface area contributed by atoms with E-state index in [0.29, 0.717) is 18.7 Å². The Kier molecular flexibility index (Phi) is 7.67. The maximum absolute atomic E-state index is 12.7. The van der Waals surface area contributed by atoms with Crippen molar-refractivity contribution in [3.05, 3.63) is 59.2 Å². The van der Waals surface area contributed by atoms with Gasteiger partial charge >= 0.3 is 0 Å². The van der Waals surface area contributed by atoms with Gasteiger partial charge < -0.3 is 10.1 Å². The van der Waals surface area contributed by atoms with Crippen molar-refractivity contribution in [1.29, 1.82) is 0 Å². The Labute approximate surface area is 173 Å². The second-order valence-corrected chi connectivity index (χ2v) is 9.06. The first-order valence-electron chi connectivity index (χ1n) is 9.67. The van der Waals surface area contributed by atoms with Crippen molar-refractivity contribution in [3.8, 4) is 5.75 Å². The van der Waals surface area contributed by atoms with Crippen LogP contribution < -0.4 is 14.4 Å². The Hall–Kier alpha value is -2.54. The minimum absolute atomic E-state index is 0.285. The summed E-state index contributed by atoms with van der Waals surface area (Å²) in [4.78, 5) is 12.7. The summed E-state index contributed by atoms with van der Waals surface area (Å²) in [6.45, 7) is 8.35. The summed E-state index contributed by atoms with van der Waals surface area (Å²) in [7, 11) is -3.63. The van der Waals surface area contributed by atoms with Crippen molar-refractivity contribution >= 4 is 21.6 Å². The van der Waals surface area contributed by atoms with Gasteiger partial charge in [0.15, 0.2) is 0 Å². The predicted molar refractivity (Wildman–Crippen MR) is 117 cm³/mol. The minimum Gasteiger partial charge on any atom is -0.492 e. The quantitative estimate of drug-likeness (QED) is 0.634. The van der Waals surface area contributed by atoms with E-state index >= 15 is 0 Å². The highest BCUT2D eigenvalue weighted by molar-refractivity contribution is 7.92. The third-order valence-corrected chi connectivity index (χ3v) is 5.95. The van der Waals surface area contributed by atoms with E-state index in [1.165, 1.54) is 9.87 Å². The summed E-state index contributed by atoms with van der Waals surface area (Å²) in [5.74, 6) is 0.397. The highest BCUT2D eigenvalue weighted by Gasteiger charge is 2.31. The number of hydrogen-bond acceptors (Lipinski definition) is 4. The largest absolute Gasteiger partial charge is 0.492 e. The molecule has 0 saturated carbocycles. The van der Waals surface area contributed by atoms with Gasteiger partial charge in [0.25, 0.3) is 0 Å². The molecule has 0 aliphatic rings. The summed E-state index contributed by atoms with van der Waals surface area (Å²) in [5.41, 5.74) is 3.82. The second-order valence-electron chi connectivity index (χ2n) is 7.20. The van der Waals surface area contributed by atoms with Crippen LogP contribution in [0.1, 0.15) is 30.0 Å². The number of hydrogen-bond donors (Lipinski definition) is 1. The Morgan fingerprint density at radius 2 is 1.72 bits per heavy atom. The topological polar surface area (TPSA) is 75.7 Å². The van der Waals surface area contributed by atoms with Gasteiger partial charge in [0.05, 0.1) is 18.5 Å². The zero-order valence-electron chi connectivity index (χ0n) is 17.7. The second kappa shape index (κ2) is 9.78. The molecule has 0 radical (unpaired) electrons. The number of carbonyl (C=O) groups is 1. The maximum atomic E-state index is 12.7. The number of nitrogens with one attached hydrogen (secondary N) is 1. The average molecular weight is 419 g/mol. The summed E-state index contributed by atoms with van der Waals surface area (Å²) >= 11 is 0. The summed E-state index contributed by atoms with van der Waals surface area (Å²) in [6, 6.07) is 12.1. The third-order valence-electron chi connectivity index (χ3n) is 4.77. The first-order chi connectivity index (χ1) is 13.6. The van der Waals surface area contributed by atoms with Gasteiger partial charge in [-0.1, -0.05) is 30.7 Å². The van der Waals surface area contributed by atoms with Gasteiger partial charge in [-0.3, -0.25) is 9.10 Å². The Balaban J connectivity index is 2.03. The van der Waals surface area contributed by atoms with E-state index in [4.69, 9.17) is 4.74 Å². The van der Waals surface area contributed by atoms with Gasteiger partial charge in [0.2, 0.25) is 15.9 Å². The monoisotopic (exact) mass is 418 g/mol. The lowest BCUT2D eigenvalue weighted by atomic mass is 10.1. The van der Waals surface area contributed by atoms with Gasteiger partial charge in [0.1, 0.15) is 18.4 Å². The van der Waals surface area contributed by atoms with E-state index in [1.54, 1.807) is 19.1 Å². The molecule has 0 aliphatic carbocycles. The smallest absolute Gasteiger partial charge is 0.244 e. The zero-order chi connectivity index (χ0) is 21.6. The predicted octanol–water partition coefficient (Wildman–Crippen LogP) is 3.35. The normalized spacial score (nSPS) is 12.3. The number of carbonyl (C=O) groups excluding carboxylic acids is 1. The van der Waals surface area contributed by atoms with Crippen LogP contribution in [0.15, 0.2) is 42.5 Å². The summed E-state index contributed by atoms with van der Waals surface area (Å²) in [5, 5.41) is 2.79. The number of benzene rings is 2. The van der Waals surface area contributed by atoms with E-state index in [1.807, 2.05) is 51.1 Å². The van der Waals surface area contributed by atoms with Gasteiger partial charge in [-0.05, 0) is 62.6 Å². The first-order valence-corrected chi connectivity index (χ1v) is 11.5. The van der Waals surface area contributed by atoms with Crippen molar-refractivity contribution in [3.63, 3.8) is 0 Å². The lowest BCUT2D eigenvalue weighted by Crippen LogP contribution is -2.50. The van der Waals surface area contributed by atoms with Crippen molar-refractivity contribution in [2.75, 3.05) is 23.7 Å². The molecule has 2 aromatic carbocycles. The van der Waals surface area contributed by atoms with E-state index in [-0.39, 0.29) is 12.5 Å². The van der Waals surface area contributed by atoms with Crippen LogP contribution in [0, 0.1) is 20.8 Å². The van der Waals surface area contributed by atoms with Crippen LogP contribution in [0.3, 0.4) is 0 Å². The molecule has 0 saturated heterocycles. The molecular weight excluding hydrogens is 388 g/mol. The molecule has 0 fully saturated rings. The van der Waals surface area contributed by atoms with Crippen LogP contribution in [-0.2, 0) is 14.8 Å². The molecular formula is C22H30N2O4S. The van der Waals surface area contributed by atoms with Gasteiger partial charge in [-0.15, -0.1) is 0 Å². The lowest BCUT2D eigenvalue weighted by Gasteiger charge is -2.30. The molecule has 0 spiro atoms. The molecule has 0 bridgehead atoms. The number of aryl methyl sites for hydroxylation is 3. The fraction of sp³-hybridized carbons (Fsp3) is 0.409. The van der Waals surface area contributed by atoms with E-state index in [2.05, 4.69) is 5.32 Å². The maximum Gasteiger partial charge on any atom is 0.244 e. The Morgan fingerprint density at radius 1 is 1.07 bits per heavy atom. The standard InChI is InChI=1S/C22H30N2O4S/c1-6-21(24(29(5,26)27)19-10-7-16(2)8-11-19)22(25)23-13-14-28-20-12-9-17(3)18(4)15-20/h7-12,15,21H,6,13-14H2,1-5H3,(H,23,25)/t21-/m1/s1. The number of rotatable bonds is 9. The fourth-order valence-electron chi connectivity index (χ4n) is 3.02. The number of nitrogens with zero attached hydrogens (tertiary/aromatic N) is 1. The Bertz CT molecular complexity index is 940. The molecule has 6 nitrogen and oxygen atoms in total. The molecule has 1 amide bonds. The van der Waals surface area contributed by atoms with E-state index < -0.39 is 16.1 Å². The number of amides is 1. The molecule has 0 unspecified atom stereocenters. The molecule has 0 aliphatic heterocycles. The minimum atomic E-state index is -3.63. The highest BCUT2D eigenvalue weighted by Crippen LogP contribution is 2.23. The van der Waals surface area contributed by atoms with E-state index in [0.717, 1.165) is 23.1 Å². The molecule has 29 heavy (non-hydrogen) atoms. The third kappa shape index (κ3) is 6.22. The molecule has 7 heteroatoms. The van der Waals surface area contributed by atoms with Crippen molar-refractivity contribution in [2.45, 2.75) is 40.2 Å². The molecule has 1 atom stereocenters. The van der Waals surface area contributed by atoms with Crippen LogP contribution in [0.25, 0.3) is 0 Å². The number of ether oxygens (including phenoxy) is 1. The van der Waals surface area contributed by atoms with Crippen LogP contribution in [-0.4, -0.2) is 39.8 Å². The molecule has 158 valence electrons. The lowest BCUT2D eigenvalue weighted by molar-refractivity contribution is -0.122. The number of anilines is 1. The molecule has 2 aromatic rings. The van der Waals surface area contributed by atoms with Crippen molar-refractivity contribution in [1.82, 2.24) is 5.32 Å². The zero-order valence-corrected chi connectivity index (χ0v) is 18.5. The SMILES string of the molecule is CC[C@H](C(=O)NCCOc1ccc(C)c(C)c1)N(c1ccc(C)cc1)S(C)(=O)=O. The first kappa shape index (κ1) is 22.7. The van der Waals surface area contributed by atoms with Gasteiger partial charge in [0, 0.05) is 0 Å².